The molecule has 1 saturated heterocycles. The van der Waals surface area contributed by atoms with E-state index < -0.39 is 17.5 Å². The van der Waals surface area contributed by atoms with Gasteiger partial charge in [-0.2, -0.15) is 0 Å². The summed E-state index contributed by atoms with van der Waals surface area (Å²) in [5.74, 6) is 0.231. The van der Waals surface area contributed by atoms with E-state index in [2.05, 4.69) is 10.6 Å². The van der Waals surface area contributed by atoms with Gasteiger partial charge >= 0.3 is 6.03 Å². The topological polar surface area (TPSA) is 67.4 Å². The summed E-state index contributed by atoms with van der Waals surface area (Å²) >= 11 is 0. The zero-order valence-electron chi connectivity index (χ0n) is 12.3. The number of carbonyl (C=O) groups excluding carboxylic acids is 2. The SMILES string of the molecule is COc1cccc(C2(c3cccc(C)c3)NC(=O)NC2=O)c1. The van der Waals surface area contributed by atoms with Gasteiger partial charge in [-0.3, -0.25) is 10.1 Å². The van der Waals surface area contributed by atoms with Gasteiger partial charge in [0.25, 0.3) is 5.91 Å². The van der Waals surface area contributed by atoms with E-state index in [1.807, 2.05) is 31.2 Å². The molecular formula is C17H16N2O3. The Morgan fingerprint density at radius 1 is 1.00 bits per heavy atom. The lowest BCUT2D eigenvalue weighted by Crippen LogP contribution is -2.44. The average Bonchev–Trinajstić information content (AvgIpc) is 2.83. The predicted octanol–water partition coefficient (Wildman–Crippen LogP) is 2.09. The first-order chi connectivity index (χ1) is 10.6. The third-order valence-corrected chi connectivity index (χ3v) is 3.82. The quantitative estimate of drug-likeness (QED) is 0.852. The molecule has 0 aromatic heterocycles. The number of hydrogen-bond donors (Lipinski definition) is 2. The van der Waals surface area contributed by atoms with E-state index in [0.717, 1.165) is 5.56 Å². The summed E-state index contributed by atoms with van der Waals surface area (Å²) in [5.41, 5.74) is 1.14. The molecule has 2 N–H and O–H groups in total. The summed E-state index contributed by atoms with van der Waals surface area (Å²) in [7, 11) is 1.56. The Hall–Kier alpha value is -2.82. The zero-order chi connectivity index (χ0) is 15.7. The molecule has 0 saturated carbocycles. The normalized spacial score (nSPS) is 20.5. The molecule has 0 aliphatic carbocycles. The molecule has 1 atom stereocenters. The molecule has 3 rings (SSSR count). The van der Waals surface area contributed by atoms with E-state index in [0.29, 0.717) is 16.9 Å². The van der Waals surface area contributed by atoms with Gasteiger partial charge in [-0.05, 0) is 30.2 Å². The minimum absolute atomic E-state index is 0.392. The van der Waals surface area contributed by atoms with Crippen LogP contribution in [0, 0.1) is 6.92 Å². The van der Waals surface area contributed by atoms with Crippen molar-refractivity contribution < 1.29 is 14.3 Å². The summed E-state index contributed by atoms with van der Waals surface area (Å²) in [6, 6.07) is 14.2. The van der Waals surface area contributed by atoms with Crippen LogP contribution in [0.1, 0.15) is 16.7 Å². The molecule has 112 valence electrons. The van der Waals surface area contributed by atoms with Crippen molar-refractivity contribution in [3.8, 4) is 5.75 Å². The molecular weight excluding hydrogens is 280 g/mol. The zero-order valence-corrected chi connectivity index (χ0v) is 12.3. The first kappa shape index (κ1) is 14.1. The van der Waals surface area contributed by atoms with Crippen LogP contribution in [0.15, 0.2) is 48.5 Å². The van der Waals surface area contributed by atoms with Gasteiger partial charge in [-0.15, -0.1) is 0 Å². The number of rotatable bonds is 3. The van der Waals surface area contributed by atoms with Crippen LogP contribution in [-0.4, -0.2) is 19.0 Å². The van der Waals surface area contributed by atoms with E-state index in [4.69, 9.17) is 4.74 Å². The molecule has 3 amide bonds. The van der Waals surface area contributed by atoms with Crippen LogP contribution in [0.3, 0.4) is 0 Å². The minimum Gasteiger partial charge on any atom is -0.497 e. The van der Waals surface area contributed by atoms with E-state index in [1.54, 1.807) is 31.4 Å². The van der Waals surface area contributed by atoms with Gasteiger partial charge in [-0.1, -0.05) is 42.0 Å². The van der Waals surface area contributed by atoms with Gasteiger partial charge in [0, 0.05) is 0 Å². The number of benzene rings is 2. The van der Waals surface area contributed by atoms with Crippen LogP contribution in [0.2, 0.25) is 0 Å². The van der Waals surface area contributed by atoms with Crippen LogP contribution >= 0.6 is 0 Å². The van der Waals surface area contributed by atoms with E-state index in [1.165, 1.54) is 0 Å². The number of hydrogen-bond acceptors (Lipinski definition) is 3. The van der Waals surface area contributed by atoms with E-state index in [-0.39, 0.29) is 0 Å². The van der Waals surface area contributed by atoms with Crippen LogP contribution in [0.4, 0.5) is 4.79 Å². The van der Waals surface area contributed by atoms with Crippen molar-refractivity contribution in [1.82, 2.24) is 10.6 Å². The minimum atomic E-state index is -1.24. The van der Waals surface area contributed by atoms with Gasteiger partial charge < -0.3 is 10.1 Å². The second-order valence-electron chi connectivity index (χ2n) is 5.26. The number of carbonyl (C=O) groups is 2. The lowest BCUT2D eigenvalue weighted by atomic mass is 9.82. The lowest BCUT2D eigenvalue weighted by Gasteiger charge is -2.27. The van der Waals surface area contributed by atoms with Gasteiger partial charge in [0.2, 0.25) is 0 Å². The second-order valence-corrected chi connectivity index (χ2v) is 5.26. The molecule has 2 aromatic carbocycles. The maximum Gasteiger partial charge on any atom is 0.322 e. The highest BCUT2D eigenvalue weighted by Gasteiger charge is 2.49. The second kappa shape index (κ2) is 5.18. The largest absolute Gasteiger partial charge is 0.497 e. The Balaban J connectivity index is 2.24. The third kappa shape index (κ3) is 2.11. The van der Waals surface area contributed by atoms with Crippen molar-refractivity contribution in [2.75, 3.05) is 7.11 Å². The Bertz CT molecular complexity index is 757. The molecule has 0 bridgehead atoms. The first-order valence-corrected chi connectivity index (χ1v) is 6.91. The molecule has 22 heavy (non-hydrogen) atoms. The number of nitrogens with one attached hydrogen (secondary N) is 2. The lowest BCUT2D eigenvalue weighted by molar-refractivity contribution is -0.122. The molecule has 0 radical (unpaired) electrons. The van der Waals surface area contributed by atoms with Crippen LogP contribution < -0.4 is 15.4 Å². The van der Waals surface area contributed by atoms with Gasteiger partial charge in [0.05, 0.1) is 7.11 Å². The molecule has 1 unspecified atom stereocenters. The Morgan fingerprint density at radius 2 is 1.68 bits per heavy atom. The number of aryl methyl sites for hydroxylation is 1. The molecule has 5 heteroatoms. The number of ether oxygens (including phenoxy) is 1. The maximum atomic E-state index is 12.6. The van der Waals surface area contributed by atoms with E-state index >= 15 is 0 Å². The Kier molecular flexibility index (Phi) is 3.33. The number of amides is 3. The Labute approximate surface area is 128 Å². The third-order valence-electron chi connectivity index (χ3n) is 3.82. The summed E-state index contributed by atoms with van der Waals surface area (Å²) in [6.07, 6.45) is 0. The fourth-order valence-corrected chi connectivity index (χ4v) is 2.76. The summed E-state index contributed by atoms with van der Waals surface area (Å²) in [4.78, 5) is 24.4. The molecule has 1 heterocycles. The molecule has 1 aliphatic heterocycles. The van der Waals surface area contributed by atoms with E-state index in [9.17, 15) is 9.59 Å². The van der Waals surface area contributed by atoms with Crippen molar-refractivity contribution >= 4 is 11.9 Å². The van der Waals surface area contributed by atoms with Crippen LogP contribution in [-0.2, 0) is 10.3 Å². The molecule has 2 aromatic rings. The van der Waals surface area contributed by atoms with Crippen molar-refractivity contribution in [3.05, 3.63) is 65.2 Å². The highest BCUT2D eigenvalue weighted by atomic mass is 16.5. The summed E-state index contributed by atoms with van der Waals surface area (Å²) < 4.78 is 5.24. The fourth-order valence-electron chi connectivity index (χ4n) is 2.76. The number of urea groups is 1. The molecule has 1 aliphatic rings. The molecule has 0 spiro atoms. The van der Waals surface area contributed by atoms with Crippen molar-refractivity contribution in [1.29, 1.82) is 0 Å². The first-order valence-electron chi connectivity index (χ1n) is 6.91. The number of methoxy groups -OCH3 is 1. The van der Waals surface area contributed by atoms with Gasteiger partial charge in [0.15, 0.2) is 5.54 Å². The van der Waals surface area contributed by atoms with Crippen LogP contribution in [0.5, 0.6) is 5.75 Å². The van der Waals surface area contributed by atoms with Crippen molar-refractivity contribution in [2.45, 2.75) is 12.5 Å². The summed E-state index contributed by atoms with van der Waals surface area (Å²) in [6.45, 7) is 1.94. The molecule has 1 fully saturated rings. The highest BCUT2D eigenvalue weighted by Crippen LogP contribution is 2.34. The van der Waals surface area contributed by atoms with Crippen LogP contribution in [0.25, 0.3) is 0 Å². The fraction of sp³-hybridized carbons (Fsp3) is 0.176. The summed E-state index contributed by atoms with van der Waals surface area (Å²) in [5, 5.41) is 5.10. The molecule has 5 nitrogen and oxygen atoms in total. The van der Waals surface area contributed by atoms with Gasteiger partial charge in [0.1, 0.15) is 5.75 Å². The Morgan fingerprint density at radius 3 is 2.27 bits per heavy atom. The maximum absolute atomic E-state index is 12.6. The van der Waals surface area contributed by atoms with Crippen molar-refractivity contribution in [2.24, 2.45) is 0 Å². The monoisotopic (exact) mass is 296 g/mol. The number of imide groups is 1. The predicted molar refractivity (Wildman–Crippen MR) is 81.6 cm³/mol. The highest BCUT2D eigenvalue weighted by molar-refractivity contribution is 6.09. The average molecular weight is 296 g/mol. The smallest absolute Gasteiger partial charge is 0.322 e. The van der Waals surface area contributed by atoms with Crippen molar-refractivity contribution in [3.63, 3.8) is 0 Å². The standard InChI is InChI=1S/C17H16N2O3/c1-11-5-3-6-12(9-11)17(15(20)18-16(21)19-17)13-7-4-8-14(10-13)22-2/h3-10H,1-2H3,(H2,18,19,20,21). The van der Waals surface area contributed by atoms with Gasteiger partial charge in [-0.25, -0.2) is 4.79 Å².